The third-order valence-corrected chi connectivity index (χ3v) is 6.08. The van der Waals surface area contributed by atoms with Gasteiger partial charge in [0.2, 0.25) is 0 Å². The number of rotatable bonds is 11. The van der Waals surface area contributed by atoms with E-state index in [2.05, 4.69) is 40.9 Å². The van der Waals surface area contributed by atoms with E-state index in [1.165, 1.54) is 30.5 Å². The molecule has 0 saturated heterocycles. The summed E-state index contributed by atoms with van der Waals surface area (Å²) in [5, 5.41) is 17.4. The van der Waals surface area contributed by atoms with Gasteiger partial charge in [0.15, 0.2) is 0 Å². The molecule has 0 fully saturated rings. The summed E-state index contributed by atoms with van der Waals surface area (Å²) in [6.07, 6.45) is 4.49. The molecule has 0 bridgehead atoms. The lowest BCUT2D eigenvalue weighted by atomic mass is 9.79. The number of nitrogens with two attached hydrogens (primary N) is 1. The van der Waals surface area contributed by atoms with Crippen LogP contribution in [0.15, 0.2) is 43.0 Å². The first kappa shape index (κ1) is 41.6. The van der Waals surface area contributed by atoms with Crippen molar-refractivity contribution in [2.24, 2.45) is 17.6 Å². The molecule has 0 spiro atoms. The third kappa shape index (κ3) is 15.5. The Labute approximate surface area is 222 Å². The van der Waals surface area contributed by atoms with Crippen LogP contribution in [0.1, 0.15) is 98.7 Å². The van der Waals surface area contributed by atoms with Crippen molar-refractivity contribution < 1.29 is 24.8 Å². The molecular weight excluding hydrogens is 457 g/mol. The minimum absolute atomic E-state index is 0. The summed E-state index contributed by atoms with van der Waals surface area (Å²) in [6, 6.07) is 4.25. The van der Waals surface area contributed by atoms with Gasteiger partial charge < -0.3 is 26.2 Å². The fraction of sp³-hybridized carbons (Fsp3) is 0.667. The van der Waals surface area contributed by atoms with E-state index < -0.39 is 17.2 Å². The van der Waals surface area contributed by atoms with E-state index in [0.29, 0.717) is 24.5 Å². The van der Waals surface area contributed by atoms with Crippen molar-refractivity contribution in [3.63, 3.8) is 0 Å². The molecule has 36 heavy (non-hydrogen) atoms. The molecule has 4 unspecified atom stereocenters. The summed E-state index contributed by atoms with van der Waals surface area (Å²) in [5.74, 6) is 1.24. The lowest BCUT2D eigenvalue weighted by Gasteiger charge is -2.42. The second kappa shape index (κ2) is 21.5. The van der Waals surface area contributed by atoms with Gasteiger partial charge in [-0.2, -0.15) is 0 Å². The van der Waals surface area contributed by atoms with Gasteiger partial charge in [0.1, 0.15) is 11.4 Å². The molecular formula is C30H58FNO4. The van der Waals surface area contributed by atoms with Crippen LogP contribution in [-0.2, 0) is 4.74 Å². The van der Waals surface area contributed by atoms with Gasteiger partial charge in [-0.25, -0.2) is 4.39 Å². The summed E-state index contributed by atoms with van der Waals surface area (Å²) in [5.41, 5.74) is 6.90. The average molecular weight is 516 g/mol. The molecule has 0 radical (unpaired) electrons. The zero-order valence-corrected chi connectivity index (χ0v) is 25.0. The monoisotopic (exact) mass is 515 g/mol. The Morgan fingerprint density at radius 3 is 2.00 bits per heavy atom. The van der Waals surface area contributed by atoms with E-state index in [1.807, 2.05) is 33.8 Å². The van der Waals surface area contributed by atoms with Crippen LogP contribution in [0.3, 0.4) is 0 Å². The molecule has 1 rings (SSSR count). The zero-order chi connectivity index (χ0) is 28.4. The van der Waals surface area contributed by atoms with Crippen molar-refractivity contribution in [3.05, 3.63) is 60.0 Å². The molecule has 0 saturated carbocycles. The van der Waals surface area contributed by atoms with Crippen LogP contribution in [0, 0.1) is 24.6 Å². The summed E-state index contributed by atoms with van der Waals surface area (Å²) in [7, 11) is 1.00. The maximum Gasteiger partial charge on any atom is 0.123 e. The summed E-state index contributed by atoms with van der Waals surface area (Å²) < 4.78 is 19.3. The van der Waals surface area contributed by atoms with Crippen LogP contribution in [0.25, 0.3) is 0 Å². The number of halogens is 1. The first-order valence-electron chi connectivity index (χ1n) is 12.9. The first-order valence-corrected chi connectivity index (χ1v) is 12.9. The Morgan fingerprint density at radius 1 is 1.17 bits per heavy atom. The number of ether oxygens (including phenoxy) is 1. The number of aryl methyl sites for hydroxylation is 1. The number of aliphatic hydroxyl groups excluding tert-OH is 1. The summed E-state index contributed by atoms with van der Waals surface area (Å²) in [6.45, 7) is 28.1. The predicted octanol–water partition coefficient (Wildman–Crippen LogP) is 6.70. The van der Waals surface area contributed by atoms with Gasteiger partial charge in [-0.1, -0.05) is 65.3 Å². The fourth-order valence-corrected chi connectivity index (χ4v) is 3.53. The molecule has 0 aliphatic carbocycles. The maximum absolute atomic E-state index is 13.5. The van der Waals surface area contributed by atoms with Crippen molar-refractivity contribution in [2.45, 2.75) is 106 Å². The highest BCUT2D eigenvalue weighted by Crippen LogP contribution is 2.36. The van der Waals surface area contributed by atoms with Crippen LogP contribution in [0.4, 0.5) is 4.39 Å². The fourth-order valence-electron chi connectivity index (χ4n) is 3.53. The van der Waals surface area contributed by atoms with E-state index in [1.54, 1.807) is 19.9 Å². The van der Waals surface area contributed by atoms with Crippen LogP contribution in [0.2, 0.25) is 0 Å². The minimum atomic E-state index is -1.15. The highest BCUT2D eigenvalue weighted by Gasteiger charge is 2.43. The zero-order valence-electron chi connectivity index (χ0n) is 25.0. The number of hydrogen-bond acceptors (Lipinski definition) is 4. The number of aliphatic hydroxyl groups is 2. The third-order valence-electron chi connectivity index (χ3n) is 6.08. The number of benzene rings is 1. The Morgan fingerprint density at radius 2 is 1.67 bits per heavy atom. The van der Waals surface area contributed by atoms with Gasteiger partial charge in [-0.05, 0) is 76.1 Å². The standard InChI is InChI=1S/C17H26FNO2.C10H20.C2H6.CH4O.H2O/c1-6-17(21-7-2,16(4,5)20)11-15(19)13-8-12(3)9-14(18)10-13;1-6-9(4)7-10(5)8(2)3;2*1-2;/h6,8-10,15,20H,1,7,11,19H2,2-5H3;9-10H,2,6-7H2,1,3-5H3;1-2H3;2H,1H3;1H2. The second-order valence-electron chi connectivity index (χ2n) is 9.45. The first-order chi connectivity index (χ1) is 16.2. The van der Waals surface area contributed by atoms with Gasteiger partial charge in [-0.3, -0.25) is 0 Å². The smallest absolute Gasteiger partial charge is 0.123 e. The molecule has 1 aromatic carbocycles. The lowest BCUT2D eigenvalue weighted by Crippen LogP contribution is -2.52. The number of allylic oxidation sites excluding steroid dienone is 1. The van der Waals surface area contributed by atoms with Crippen molar-refractivity contribution in [2.75, 3.05) is 13.7 Å². The summed E-state index contributed by atoms with van der Waals surface area (Å²) in [4.78, 5) is 0. The Bertz CT molecular complexity index is 682. The van der Waals surface area contributed by atoms with Gasteiger partial charge in [0, 0.05) is 26.2 Å². The molecule has 1 aromatic rings. The Hall–Kier alpha value is -1.57. The van der Waals surface area contributed by atoms with Crippen LogP contribution >= 0.6 is 0 Å². The van der Waals surface area contributed by atoms with Gasteiger partial charge in [0.05, 0.1) is 5.60 Å². The van der Waals surface area contributed by atoms with Gasteiger partial charge >= 0.3 is 0 Å². The predicted molar refractivity (Wildman–Crippen MR) is 155 cm³/mol. The Kier molecular flexibility index (Phi) is 24.8. The van der Waals surface area contributed by atoms with Crippen LogP contribution in [-0.4, -0.2) is 40.6 Å². The molecule has 6 N–H and O–H groups in total. The van der Waals surface area contributed by atoms with E-state index in [9.17, 15) is 9.50 Å². The maximum atomic E-state index is 13.5. The van der Waals surface area contributed by atoms with Crippen molar-refractivity contribution in [1.29, 1.82) is 0 Å². The summed E-state index contributed by atoms with van der Waals surface area (Å²) >= 11 is 0. The van der Waals surface area contributed by atoms with Crippen molar-refractivity contribution in [3.8, 4) is 0 Å². The highest BCUT2D eigenvalue weighted by molar-refractivity contribution is 5.27. The second-order valence-corrected chi connectivity index (χ2v) is 9.45. The molecule has 0 aliphatic rings. The van der Waals surface area contributed by atoms with E-state index in [-0.39, 0.29) is 11.3 Å². The number of hydrogen-bond donors (Lipinski definition) is 3. The molecule has 0 amide bonds. The van der Waals surface area contributed by atoms with Gasteiger partial charge in [-0.15, -0.1) is 6.58 Å². The quantitative estimate of drug-likeness (QED) is 0.285. The van der Waals surface area contributed by atoms with E-state index >= 15 is 0 Å². The minimum Gasteiger partial charge on any atom is -0.412 e. The van der Waals surface area contributed by atoms with E-state index in [0.717, 1.165) is 18.6 Å². The van der Waals surface area contributed by atoms with Crippen molar-refractivity contribution >= 4 is 0 Å². The Balaban J connectivity index is -0.000000289. The lowest BCUT2D eigenvalue weighted by molar-refractivity contribution is -0.142. The molecule has 4 atom stereocenters. The molecule has 0 aliphatic heterocycles. The topological polar surface area (TPSA) is 107 Å². The van der Waals surface area contributed by atoms with Gasteiger partial charge in [0.25, 0.3) is 0 Å². The highest BCUT2D eigenvalue weighted by atomic mass is 19.1. The average Bonchev–Trinajstić information content (AvgIpc) is 2.80. The molecule has 0 heterocycles. The molecule has 214 valence electrons. The molecule has 6 heteroatoms. The van der Waals surface area contributed by atoms with Crippen LogP contribution in [0.5, 0.6) is 0 Å². The van der Waals surface area contributed by atoms with E-state index in [4.69, 9.17) is 15.6 Å². The SMILES string of the molecule is C=C(C)C(C)CC(C)CC.C=CC(CC(N)c1cc(C)cc(F)c1)(OCC)C(C)(C)O.CC.CO.O. The van der Waals surface area contributed by atoms with Crippen molar-refractivity contribution in [1.82, 2.24) is 0 Å². The largest absolute Gasteiger partial charge is 0.412 e. The molecule has 0 aromatic heterocycles. The van der Waals surface area contributed by atoms with Crippen LogP contribution < -0.4 is 5.73 Å². The molecule has 5 nitrogen and oxygen atoms in total. The normalized spacial score (nSPS) is 14.4.